The maximum atomic E-state index is 11.9. The molecule has 2 aliphatic rings. The van der Waals surface area contributed by atoms with E-state index in [1.807, 2.05) is 12.4 Å². The first-order valence-corrected chi connectivity index (χ1v) is 7.80. The molecule has 0 saturated carbocycles. The summed E-state index contributed by atoms with van der Waals surface area (Å²) in [6.07, 6.45) is 8.50. The van der Waals surface area contributed by atoms with Crippen molar-refractivity contribution < 1.29 is 14.3 Å². The lowest BCUT2D eigenvalue weighted by molar-refractivity contribution is -0.123. The molecular formula is C15H23N3O3. The lowest BCUT2D eigenvalue weighted by Gasteiger charge is -2.24. The Bertz CT molecular complexity index is 468. The zero-order chi connectivity index (χ0) is 14.5. The highest BCUT2D eigenvalue weighted by Gasteiger charge is 2.20. The summed E-state index contributed by atoms with van der Waals surface area (Å²) in [5.74, 6) is 1.18. The molecule has 0 aliphatic carbocycles. The van der Waals surface area contributed by atoms with E-state index in [-0.39, 0.29) is 18.1 Å². The topological polar surface area (TPSA) is 65.4 Å². The van der Waals surface area contributed by atoms with Crippen molar-refractivity contribution in [3.8, 4) is 0 Å². The first-order chi connectivity index (χ1) is 10.3. The van der Waals surface area contributed by atoms with Crippen LogP contribution in [0.2, 0.25) is 0 Å². The second-order valence-corrected chi connectivity index (χ2v) is 5.76. The van der Waals surface area contributed by atoms with Crippen molar-refractivity contribution in [1.82, 2.24) is 14.9 Å². The molecule has 0 spiro atoms. The number of carbonyl (C=O) groups is 1. The van der Waals surface area contributed by atoms with Gasteiger partial charge in [-0.2, -0.15) is 0 Å². The van der Waals surface area contributed by atoms with Gasteiger partial charge in [0, 0.05) is 44.4 Å². The van der Waals surface area contributed by atoms with Gasteiger partial charge in [0.1, 0.15) is 5.82 Å². The number of nitrogens with one attached hydrogen (secondary N) is 1. The average molecular weight is 293 g/mol. The number of carbonyl (C=O) groups excluding carboxylic acids is 1. The number of imidazole rings is 1. The number of rotatable bonds is 6. The third-order valence-electron chi connectivity index (χ3n) is 4.10. The molecule has 21 heavy (non-hydrogen) atoms. The van der Waals surface area contributed by atoms with Gasteiger partial charge in [0.25, 0.3) is 0 Å². The van der Waals surface area contributed by atoms with Gasteiger partial charge in [-0.05, 0) is 19.3 Å². The zero-order valence-electron chi connectivity index (χ0n) is 12.3. The molecule has 2 atom stereocenters. The van der Waals surface area contributed by atoms with Gasteiger partial charge in [0.2, 0.25) is 5.91 Å². The largest absolute Gasteiger partial charge is 0.378 e. The van der Waals surface area contributed by atoms with E-state index < -0.39 is 0 Å². The van der Waals surface area contributed by atoms with Gasteiger partial charge in [-0.1, -0.05) is 0 Å². The lowest BCUT2D eigenvalue weighted by atomic mass is 10.1. The molecule has 1 N–H and O–H groups in total. The molecule has 1 saturated heterocycles. The molecule has 6 nitrogen and oxygen atoms in total. The van der Waals surface area contributed by atoms with E-state index in [2.05, 4.69) is 14.9 Å². The van der Waals surface area contributed by atoms with Crippen LogP contribution in [0.1, 0.15) is 31.5 Å². The summed E-state index contributed by atoms with van der Waals surface area (Å²) in [6.45, 7) is 2.73. The molecule has 1 amide bonds. The SMILES string of the molecule is O=C(CCOC[C@@H]1CCCO1)N[C@H]1CCc2nccn2C1. The second-order valence-electron chi connectivity index (χ2n) is 5.76. The van der Waals surface area contributed by atoms with E-state index >= 15 is 0 Å². The Morgan fingerprint density at radius 3 is 3.33 bits per heavy atom. The fourth-order valence-electron chi connectivity index (χ4n) is 2.94. The number of fused-ring (bicyclic) bond motifs is 1. The van der Waals surface area contributed by atoms with Gasteiger partial charge in [0.15, 0.2) is 0 Å². The van der Waals surface area contributed by atoms with Gasteiger partial charge >= 0.3 is 0 Å². The highest BCUT2D eigenvalue weighted by Crippen LogP contribution is 2.13. The monoisotopic (exact) mass is 293 g/mol. The zero-order valence-corrected chi connectivity index (χ0v) is 12.3. The summed E-state index contributed by atoms with van der Waals surface area (Å²) in [4.78, 5) is 16.2. The van der Waals surface area contributed by atoms with Crippen LogP contribution in [0, 0.1) is 0 Å². The summed E-state index contributed by atoms with van der Waals surface area (Å²) in [6, 6.07) is 0.206. The average Bonchev–Trinajstić information content (AvgIpc) is 3.14. The highest BCUT2D eigenvalue weighted by molar-refractivity contribution is 5.76. The van der Waals surface area contributed by atoms with Gasteiger partial charge in [-0.3, -0.25) is 4.79 Å². The summed E-state index contributed by atoms with van der Waals surface area (Å²) in [5, 5.41) is 3.08. The minimum atomic E-state index is 0.0657. The Labute approximate surface area is 124 Å². The molecule has 1 aromatic rings. The van der Waals surface area contributed by atoms with E-state index in [9.17, 15) is 4.79 Å². The lowest BCUT2D eigenvalue weighted by Crippen LogP contribution is -2.41. The Kier molecular flexibility index (Phi) is 4.87. The summed E-state index contributed by atoms with van der Waals surface area (Å²) < 4.78 is 13.1. The molecule has 0 unspecified atom stereocenters. The Balaban J connectivity index is 1.31. The van der Waals surface area contributed by atoms with Crippen LogP contribution in [0.15, 0.2) is 12.4 Å². The van der Waals surface area contributed by atoms with Gasteiger partial charge < -0.3 is 19.4 Å². The van der Waals surface area contributed by atoms with Crippen LogP contribution in [0.25, 0.3) is 0 Å². The van der Waals surface area contributed by atoms with E-state index in [0.717, 1.165) is 44.7 Å². The molecular weight excluding hydrogens is 270 g/mol. The molecule has 2 aliphatic heterocycles. The maximum absolute atomic E-state index is 11.9. The first-order valence-electron chi connectivity index (χ1n) is 7.80. The molecule has 0 radical (unpaired) electrons. The van der Waals surface area contributed by atoms with Crippen molar-refractivity contribution in [3.05, 3.63) is 18.2 Å². The molecule has 116 valence electrons. The first kappa shape index (κ1) is 14.5. The number of aryl methyl sites for hydroxylation is 1. The molecule has 0 aromatic carbocycles. The van der Waals surface area contributed by atoms with Gasteiger partial charge in [0.05, 0.1) is 19.3 Å². The predicted octanol–water partition coefficient (Wildman–Crippen LogP) is 0.900. The quantitative estimate of drug-likeness (QED) is 0.792. The fraction of sp³-hybridized carbons (Fsp3) is 0.733. The smallest absolute Gasteiger partial charge is 0.222 e. The third-order valence-corrected chi connectivity index (χ3v) is 4.10. The predicted molar refractivity (Wildman–Crippen MR) is 76.9 cm³/mol. The van der Waals surface area contributed by atoms with Gasteiger partial charge in [-0.25, -0.2) is 4.98 Å². The number of hydrogen-bond donors (Lipinski definition) is 1. The van der Waals surface area contributed by atoms with Crippen molar-refractivity contribution in [2.24, 2.45) is 0 Å². The van der Waals surface area contributed by atoms with Crippen molar-refractivity contribution in [1.29, 1.82) is 0 Å². The van der Waals surface area contributed by atoms with E-state index in [4.69, 9.17) is 9.47 Å². The van der Waals surface area contributed by atoms with Crippen molar-refractivity contribution >= 4 is 5.91 Å². The summed E-state index contributed by atoms with van der Waals surface area (Å²) in [5.41, 5.74) is 0. The van der Waals surface area contributed by atoms with Crippen LogP contribution in [-0.2, 0) is 27.2 Å². The highest BCUT2D eigenvalue weighted by atomic mass is 16.5. The molecule has 1 aromatic heterocycles. The normalized spacial score (nSPS) is 24.8. The van der Waals surface area contributed by atoms with Crippen molar-refractivity contribution in [2.45, 2.75) is 50.8 Å². The Hall–Kier alpha value is -1.40. The molecule has 0 bridgehead atoms. The van der Waals surface area contributed by atoms with Crippen LogP contribution in [-0.4, -0.2) is 47.4 Å². The van der Waals surface area contributed by atoms with Crippen LogP contribution >= 0.6 is 0 Å². The number of nitrogens with zero attached hydrogens (tertiary/aromatic N) is 2. The van der Waals surface area contributed by atoms with Crippen molar-refractivity contribution in [3.63, 3.8) is 0 Å². The van der Waals surface area contributed by atoms with E-state index in [1.165, 1.54) is 0 Å². The number of aromatic nitrogens is 2. The van der Waals surface area contributed by atoms with E-state index in [0.29, 0.717) is 19.6 Å². The minimum absolute atomic E-state index is 0.0657. The second kappa shape index (κ2) is 7.04. The minimum Gasteiger partial charge on any atom is -0.378 e. The Morgan fingerprint density at radius 2 is 2.48 bits per heavy atom. The van der Waals surface area contributed by atoms with Gasteiger partial charge in [-0.15, -0.1) is 0 Å². The third kappa shape index (κ3) is 4.04. The maximum Gasteiger partial charge on any atom is 0.222 e. The van der Waals surface area contributed by atoms with Crippen LogP contribution in [0.5, 0.6) is 0 Å². The summed E-state index contributed by atoms with van der Waals surface area (Å²) in [7, 11) is 0. The van der Waals surface area contributed by atoms with Crippen LogP contribution in [0.3, 0.4) is 0 Å². The van der Waals surface area contributed by atoms with E-state index in [1.54, 1.807) is 0 Å². The Morgan fingerprint density at radius 1 is 1.52 bits per heavy atom. The molecule has 3 heterocycles. The standard InChI is InChI=1S/C15H23N3O3/c19-15(5-9-20-11-13-2-1-8-21-13)17-12-3-4-14-16-6-7-18(14)10-12/h6-7,12-13H,1-5,8-11H2,(H,17,19)/t12-,13-/m0/s1. The van der Waals surface area contributed by atoms with Crippen LogP contribution in [0.4, 0.5) is 0 Å². The van der Waals surface area contributed by atoms with Crippen LogP contribution < -0.4 is 5.32 Å². The number of hydrogen-bond acceptors (Lipinski definition) is 4. The number of ether oxygens (including phenoxy) is 2. The summed E-state index contributed by atoms with van der Waals surface area (Å²) >= 11 is 0. The van der Waals surface area contributed by atoms with Crippen molar-refractivity contribution in [2.75, 3.05) is 19.8 Å². The number of amides is 1. The molecule has 3 rings (SSSR count). The molecule has 6 heteroatoms. The molecule has 1 fully saturated rings. The fourth-order valence-corrected chi connectivity index (χ4v) is 2.94.